The van der Waals surface area contributed by atoms with E-state index in [1.54, 1.807) is 48.3 Å². The molecule has 0 spiro atoms. The molecule has 35 heavy (non-hydrogen) atoms. The van der Waals surface area contributed by atoms with Gasteiger partial charge in [-0.15, -0.1) is 0 Å². The molecule has 2 aromatic rings. The zero-order chi connectivity index (χ0) is 24.9. The van der Waals surface area contributed by atoms with Crippen LogP contribution in [0.5, 0.6) is 11.5 Å². The minimum Gasteiger partial charge on any atom is -0.497 e. The third kappa shape index (κ3) is 8.34. The zero-order valence-electron chi connectivity index (χ0n) is 20.3. The van der Waals surface area contributed by atoms with Crippen molar-refractivity contribution in [3.8, 4) is 11.5 Å². The molecule has 0 atom stereocenters. The first-order chi connectivity index (χ1) is 17.1. The van der Waals surface area contributed by atoms with E-state index in [0.717, 1.165) is 29.0 Å². The third-order valence-electron chi connectivity index (χ3n) is 5.63. The smallest absolute Gasteiger partial charge is 0.246 e. The van der Waals surface area contributed by atoms with Gasteiger partial charge in [0.1, 0.15) is 11.5 Å². The summed E-state index contributed by atoms with van der Waals surface area (Å²) in [5.74, 6) is 1.53. The van der Waals surface area contributed by atoms with Crippen molar-refractivity contribution in [2.24, 2.45) is 0 Å². The van der Waals surface area contributed by atoms with Crippen molar-refractivity contribution in [1.82, 2.24) is 9.80 Å². The molecule has 1 fully saturated rings. The van der Waals surface area contributed by atoms with E-state index >= 15 is 0 Å². The fourth-order valence-electron chi connectivity index (χ4n) is 3.61. The van der Waals surface area contributed by atoms with Gasteiger partial charge in [0.2, 0.25) is 11.8 Å². The summed E-state index contributed by atoms with van der Waals surface area (Å²) in [6.45, 7) is 2.31. The van der Waals surface area contributed by atoms with Gasteiger partial charge in [0.05, 0.1) is 14.2 Å². The van der Waals surface area contributed by atoms with E-state index in [9.17, 15) is 9.59 Å². The first kappa shape index (κ1) is 25.6. The van der Waals surface area contributed by atoms with Crippen LogP contribution in [0.3, 0.4) is 0 Å². The van der Waals surface area contributed by atoms with E-state index in [-0.39, 0.29) is 11.8 Å². The van der Waals surface area contributed by atoms with E-state index < -0.39 is 0 Å². The molecular formula is C29H32N2O4. The van der Waals surface area contributed by atoms with Crippen LogP contribution in [0.2, 0.25) is 0 Å². The Morgan fingerprint density at radius 3 is 1.40 bits per heavy atom. The zero-order valence-corrected chi connectivity index (χ0v) is 20.3. The summed E-state index contributed by atoms with van der Waals surface area (Å²) < 4.78 is 10.3. The molecule has 0 aliphatic carbocycles. The molecule has 1 saturated heterocycles. The van der Waals surface area contributed by atoms with Crippen LogP contribution < -0.4 is 9.47 Å². The van der Waals surface area contributed by atoms with Crippen molar-refractivity contribution in [3.63, 3.8) is 0 Å². The number of rotatable bonds is 8. The van der Waals surface area contributed by atoms with Gasteiger partial charge in [-0.3, -0.25) is 9.59 Å². The van der Waals surface area contributed by atoms with Crippen molar-refractivity contribution in [3.05, 3.63) is 96.1 Å². The van der Waals surface area contributed by atoms with Crippen molar-refractivity contribution in [1.29, 1.82) is 0 Å². The Kier molecular flexibility index (Phi) is 9.93. The Bertz CT molecular complexity index is 995. The lowest BCUT2D eigenvalue weighted by atomic mass is 10.2. The molecule has 6 nitrogen and oxygen atoms in total. The maximum absolute atomic E-state index is 12.6. The number of hydrogen-bond donors (Lipinski definition) is 0. The third-order valence-corrected chi connectivity index (χ3v) is 5.63. The largest absolute Gasteiger partial charge is 0.497 e. The minimum atomic E-state index is -0.0448. The van der Waals surface area contributed by atoms with Gasteiger partial charge in [0.15, 0.2) is 0 Å². The van der Waals surface area contributed by atoms with Crippen LogP contribution in [-0.4, -0.2) is 62.0 Å². The molecule has 6 heteroatoms. The molecule has 3 rings (SSSR count). The lowest BCUT2D eigenvalue weighted by Crippen LogP contribution is -2.36. The van der Waals surface area contributed by atoms with Gasteiger partial charge in [-0.2, -0.15) is 0 Å². The normalized spacial score (nSPS) is 14.8. The van der Waals surface area contributed by atoms with Crippen LogP contribution in [0, 0.1) is 0 Å². The number of amides is 2. The SMILES string of the molecule is COc1ccc(C=CC=CC(=O)N2CCCN(C(=O)C=CC=Cc3ccc(OC)cc3)CC2)cc1. The van der Waals surface area contributed by atoms with Gasteiger partial charge in [-0.1, -0.05) is 60.7 Å². The highest BCUT2D eigenvalue weighted by molar-refractivity contribution is 5.89. The monoisotopic (exact) mass is 472 g/mol. The predicted octanol–water partition coefficient (Wildman–Crippen LogP) is 4.60. The average molecular weight is 473 g/mol. The number of ether oxygens (including phenoxy) is 2. The highest BCUT2D eigenvalue weighted by atomic mass is 16.5. The van der Waals surface area contributed by atoms with Crippen LogP contribution in [0.1, 0.15) is 17.5 Å². The quantitative estimate of drug-likeness (QED) is 0.416. The Labute approximate surface area is 207 Å². The molecule has 1 aliphatic heterocycles. The summed E-state index contributed by atoms with van der Waals surface area (Å²) in [7, 11) is 3.27. The summed E-state index contributed by atoms with van der Waals surface area (Å²) in [6.07, 6.45) is 14.9. The maximum Gasteiger partial charge on any atom is 0.246 e. The van der Waals surface area contributed by atoms with Crippen molar-refractivity contribution in [2.75, 3.05) is 40.4 Å². The number of nitrogens with zero attached hydrogens (tertiary/aromatic N) is 2. The van der Waals surface area contributed by atoms with Crippen LogP contribution in [0.25, 0.3) is 12.2 Å². The summed E-state index contributed by atoms with van der Waals surface area (Å²) in [5, 5.41) is 0. The summed E-state index contributed by atoms with van der Waals surface area (Å²) in [5.41, 5.74) is 2.05. The van der Waals surface area contributed by atoms with Crippen molar-refractivity contribution < 1.29 is 19.1 Å². The molecule has 0 aromatic heterocycles. The molecule has 0 radical (unpaired) electrons. The van der Waals surface area contributed by atoms with Crippen LogP contribution in [0.15, 0.2) is 85.0 Å². The number of carbonyl (C=O) groups is 2. The van der Waals surface area contributed by atoms with Gasteiger partial charge in [-0.05, 0) is 41.8 Å². The first-order valence-corrected chi connectivity index (χ1v) is 11.6. The number of allylic oxidation sites excluding steroid dienone is 4. The second-order valence-corrected chi connectivity index (χ2v) is 7.99. The number of benzene rings is 2. The van der Waals surface area contributed by atoms with Crippen molar-refractivity contribution >= 4 is 24.0 Å². The molecule has 0 bridgehead atoms. The topological polar surface area (TPSA) is 59.1 Å². The van der Waals surface area contributed by atoms with Crippen LogP contribution in [-0.2, 0) is 9.59 Å². The van der Waals surface area contributed by atoms with Gasteiger partial charge in [0, 0.05) is 38.3 Å². The van der Waals surface area contributed by atoms with Gasteiger partial charge < -0.3 is 19.3 Å². The number of carbonyl (C=O) groups excluding carboxylic acids is 2. The maximum atomic E-state index is 12.6. The highest BCUT2D eigenvalue weighted by Crippen LogP contribution is 2.13. The van der Waals surface area contributed by atoms with Gasteiger partial charge in [0.25, 0.3) is 0 Å². The molecule has 182 valence electrons. The molecule has 2 aromatic carbocycles. The van der Waals surface area contributed by atoms with Crippen molar-refractivity contribution in [2.45, 2.75) is 6.42 Å². The second-order valence-electron chi connectivity index (χ2n) is 7.99. The summed E-state index contributed by atoms with van der Waals surface area (Å²) in [4.78, 5) is 28.7. The molecule has 1 heterocycles. The molecule has 0 saturated carbocycles. The Hall–Kier alpha value is -4.06. The van der Waals surface area contributed by atoms with Crippen LogP contribution >= 0.6 is 0 Å². The average Bonchev–Trinajstić information content (AvgIpc) is 3.16. The molecule has 1 aliphatic rings. The molecule has 0 N–H and O–H groups in total. The Morgan fingerprint density at radius 1 is 0.629 bits per heavy atom. The van der Waals surface area contributed by atoms with E-state index in [1.807, 2.05) is 72.8 Å². The molecule has 2 amide bonds. The fourth-order valence-corrected chi connectivity index (χ4v) is 3.61. The Morgan fingerprint density at radius 2 is 1.03 bits per heavy atom. The molecule has 0 unspecified atom stereocenters. The number of methoxy groups -OCH3 is 2. The summed E-state index contributed by atoms with van der Waals surface area (Å²) >= 11 is 0. The van der Waals surface area contributed by atoms with E-state index in [4.69, 9.17) is 9.47 Å². The van der Waals surface area contributed by atoms with E-state index in [1.165, 1.54) is 0 Å². The van der Waals surface area contributed by atoms with E-state index in [0.29, 0.717) is 26.2 Å². The van der Waals surface area contributed by atoms with Gasteiger partial charge >= 0.3 is 0 Å². The van der Waals surface area contributed by atoms with Gasteiger partial charge in [-0.25, -0.2) is 0 Å². The second kappa shape index (κ2) is 13.6. The fraction of sp³-hybridized carbons (Fsp3) is 0.241. The molecular weight excluding hydrogens is 440 g/mol. The summed E-state index contributed by atoms with van der Waals surface area (Å²) in [6, 6.07) is 15.4. The first-order valence-electron chi connectivity index (χ1n) is 11.6. The van der Waals surface area contributed by atoms with E-state index in [2.05, 4.69) is 0 Å². The lowest BCUT2D eigenvalue weighted by Gasteiger charge is -2.20. The minimum absolute atomic E-state index is 0.0448. The predicted molar refractivity (Wildman–Crippen MR) is 140 cm³/mol. The lowest BCUT2D eigenvalue weighted by molar-refractivity contribution is -0.128. The number of hydrogen-bond acceptors (Lipinski definition) is 4. The van der Waals surface area contributed by atoms with Crippen LogP contribution in [0.4, 0.5) is 0 Å². The standard InChI is InChI=1S/C29H32N2O4/c1-34-26-16-12-24(13-17-26)8-3-5-10-28(32)30-20-7-21-31(23-22-30)29(33)11-6-4-9-25-14-18-27(35-2)19-15-25/h3-6,8-19H,7,20-23H2,1-2H3. The highest BCUT2D eigenvalue weighted by Gasteiger charge is 2.19. The Balaban J connectivity index is 1.44.